The molecule has 1 N–H and O–H groups in total. The largest absolute Gasteiger partial charge is 0.308 e. The molecular weight excluding hydrogens is 210 g/mol. The van der Waals surface area contributed by atoms with Gasteiger partial charge in [-0.05, 0) is 39.5 Å². The zero-order chi connectivity index (χ0) is 13.0. The number of hydrogen-bond acceptors (Lipinski definition) is 2. The van der Waals surface area contributed by atoms with Gasteiger partial charge in [-0.25, -0.2) is 0 Å². The zero-order valence-electron chi connectivity index (χ0n) is 12.1. The standard InChI is InChI=1S/C14H27N3/c1-10(2)7-8-11(3)16-12(4)14-9-15-17(6)13(14)5/h9-12,16H,7-8H2,1-6H3. The fourth-order valence-electron chi connectivity index (χ4n) is 2.12. The Kier molecular flexibility index (Phi) is 5.19. The van der Waals surface area contributed by atoms with Crippen LogP contribution < -0.4 is 5.32 Å². The molecule has 1 aromatic rings. The Hall–Kier alpha value is -0.830. The number of nitrogens with one attached hydrogen (secondary N) is 1. The van der Waals surface area contributed by atoms with Crippen molar-refractivity contribution in [1.29, 1.82) is 0 Å². The summed E-state index contributed by atoms with van der Waals surface area (Å²) in [7, 11) is 1.99. The second-order valence-corrected chi connectivity index (χ2v) is 5.57. The maximum absolute atomic E-state index is 4.30. The third kappa shape index (κ3) is 4.15. The maximum Gasteiger partial charge on any atom is 0.0540 e. The van der Waals surface area contributed by atoms with Crippen molar-refractivity contribution in [1.82, 2.24) is 15.1 Å². The molecule has 0 radical (unpaired) electrons. The molecule has 0 bridgehead atoms. The molecule has 0 saturated carbocycles. The van der Waals surface area contributed by atoms with E-state index < -0.39 is 0 Å². The van der Waals surface area contributed by atoms with Crippen LogP contribution in [0.2, 0.25) is 0 Å². The lowest BCUT2D eigenvalue weighted by Crippen LogP contribution is -2.29. The minimum atomic E-state index is 0.380. The zero-order valence-corrected chi connectivity index (χ0v) is 12.1. The summed E-state index contributed by atoms with van der Waals surface area (Å²) in [5.41, 5.74) is 2.56. The molecule has 0 fully saturated rings. The summed E-state index contributed by atoms with van der Waals surface area (Å²) in [6, 6.07) is 0.942. The van der Waals surface area contributed by atoms with Crippen molar-refractivity contribution in [3.63, 3.8) is 0 Å². The molecule has 0 aliphatic heterocycles. The van der Waals surface area contributed by atoms with Gasteiger partial charge < -0.3 is 5.32 Å². The Labute approximate surface area is 106 Å². The lowest BCUT2D eigenvalue weighted by atomic mass is 10.0. The molecule has 0 aliphatic rings. The Morgan fingerprint density at radius 2 is 1.88 bits per heavy atom. The Morgan fingerprint density at radius 1 is 1.24 bits per heavy atom. The maximum atomic E-state index is 4.30. The van der Waals surface area contributed by atoms with Crippen LogP contribution >= 0.6 is 0 Å². The number of hydrogen-bond donors (Lipinski definition) is 1. The van der Waals surface area contributed by atoms with E-state index in [1.165, 1.54) is 24.1 Å². The van der Waals surface area contributed by atoms with E-state index in [0.29, 0.717) is 12.1 Å². The number of aromatic nitrogens is 2. The highest BCUT2D eigenvalue weighted by atomic mass is 15.3. The first kappa shape index (κ1) is 14.2. The molecule has 1 rings (SSSR count). The summed E-state index contributed by atoms with van der Waals surface area (Å²) in [4.78, 5) is 0. The van der Waals surface area contributed by atoms with Crippen LogP contribution in [0.5, 0.6) is 0 Å². The summed E-state index contributed by atoms with van der Waals surface area (Å²) in [5, 5.41) is 7.95. The van der Waals surface area contributed by atoms with Crippen molar-refractivity contribution < 1.29 is 0 Å². The molecular formula is C14H27N3. The third-order valence-corrected chi connectivity index (χ3v) is 3.45. The van der Waals surface area contributed by atoms with Crippen LogP contribution in [0.25, 0.3) is 0 Å². The summed E-state index contributed by atoms with van der Waals surface area (Å²) >= 11 is 0. The molecule has 17 heavy (non-hydrogen) atoms. The number of rotatable bonds is 6. The summed E-state index contributed by atoms with van der Waals surface area (Å²) in [6.07, 6.45) is 4.50. The molecule has 0 amide bonds. The van der Waals surface area contributed by atoms with Crippen molar-refractivity contribution in [2.75, 3.05) is 0 Å². The summed E-state index contributed by atoms with van der Waals surface area (Å²) in [6.45, 7) is 11.2. The molecule has 1 aromatic heterocycles. The first-order chi connectivity index (χ1) is 7.91. The van der Waals surface area contributed by atoms with Crippen LogP contribution in [0.1, 0.15) is 57.8 Å². The van der Waals surface area contributed by atoms with E-state index >= 15 is 0 Å². The molecule has 3 nitrogen and oxygen atoms in total. The Morgan fingerprint density at radius 3 is 2.35 bits per heavy atom. The lowest BCUT2D eigenvalue weighted by Gasteiger charge is -2.20. The van der Waals surface area contributed by atoms with Gasteiger partial charge in [0, 0.05) is 30.4 Å². The summed E-state index contributed by atoms with van der Waals surface area (Å²) < 4.78 is 1.94. The van der Waals surface area contributed by atoms with Crippen LogP contribution in [0.15, 0.2) is 6.20 Å². The van der Waals surface area contributed by atoms with Crippen molar-refractivity contribution in [2.24, 2.45) is 13.0 Å². The van der Waals surface area contributed by atoms with Gasteiger partial charge in [0.2, 0.25) is 0 Å². The Balaban J connectivity index is 2.48. The van der Waals surface area contributed by atoms with E-state index in [2.05, 4.69) is 45.0 Å². The minimum absolute atomic E-state index is 0.380. The highest BCUT2D eigenvalue weighted by molar-refractivity contribution is 5.19. The van der Waals surface area contributed by atoms with E-state index in [9.17, 15) is 0 Å². The van der Waals surface area contributed by atoms with Gasteiger partial charge in [0.05, 0.1) is 6.20 Å². The van der Waals surface area contributed by atoms with Crippen LogP contribution in [0.3, 0.4) is 0 Å². The van der Waals surface area contributed by atoms with Crippen molar-refractivity contribution >= 4 is 0 Å². The second kappa shape index (κ2) is 6.20. The van der Waals surface area contributed by atoms with Gasteiger partial charge in [0.15, 0.2) is 0 Å². The SMILES string of the molecule is Cc1c(C(C)NC(C)CCC(C)C)cnn1C. The van der Waals surface area contributed by atoms with Gasteiger partial charge in [-0.2, -0.15) is 5.10 Å². The average molecular weight is 237 g/mol. The molecule has 0 aliphatic carbocycles. The van der Waals surface area contributed by atoms with E-state index in [4.69, 9.17) is 0 Å². The first-order valence-corrected chi connectivity index (χ1v) is 6.66. The van der Waals surface area contributed by atoms with Gasteiger partial charge in [0.25, 0.3) is 0 Å². The number of aryl methyl sites for hydroxylation is 1. The Bertz CT molecular complexity index is 341. The van der Waals surface area contributed by atoms with Gasteiger partial charge in [-0.3, -0.25) is 4.68 Å². The van der Waals surface area contributed by atoms with Crippen molar-refractivity contribution in [3.05, 3.63) is 17.5 Å². The topological polar surface area (TPSA) is 29.9 Å². The smallest absolute Gasteiger partial charge is 0.0540 e. The molecule has 0 aromatic carbocycles. The van der Waals surface area contributed by atoms with Gasteiger partial charge >= 0.3 is 0 Å². The van der Waals surface area contributed by atoms with Gasteiger partial charge in [0.1, 0.15) is 0 Å². The molecule has 0 saturated heterocycles. The van der Waals surface area contributed by atoms with E-state index in [1.807, 2.05) is 17.9 Å². The second-order valence-electron chi connectivity index (χ2n) is 5.57. The number of nitrogens with zero attached hydrogens (tertiary/aromatic N) is 2. The van der Waals surface area contributed by atoms with Crippen LogP contribution in [-0.2, 0) is 7.05 Å². The third-order valence-electron chi connectivity index (χ3n) is 3.45. The van der Waals surface area contributed by atoms with Gasteiger partial charge in [-0.15, -0.1) is 0 Å². The summed E-state index contributed by atoms with van der Waals surface area (Å²) in [5.74, 6) is 0.787. The average Bonchev–Trinajstić information content (AvgIpc) is 2.57. The highest BCUT2D eigenvalue weighted by Gasteiger charge is 2.14. The quantitative estimate of drug-likeness (QED) is 0.823. The van der Waals surface area contributed by atoms with Crippen LogP contribution in [-0.4, -0.2) is 15.8 Å². The fraction of sp³-hybridized carbons (Fsp3) is 0.786. The molecule has 0 spiro atoms. The van der Waals surface area contributed by atoms with E-state index in [0.717, 1.165) is 5.92 Å². The normalized spacial score (nSPS) is 15.2. The van der Waals surface area contributed by atoms with Crippen molar-refractivity contribution in [2.45, 2.75) is 59.5 Å². The molecule has 1 heterocycles. The van der Waals surface area contributed by atoms with E-state index in [1.54, 1.807) is 0 Å². The van der Waals surface area contributed by atoms with E-state index in [-0.39, 0.29) is 0 Å². The first-order valence-electron chi connectivity index (χ1n) is 6.66. The van der Waals surface area contributed by atoms with Gasteiger partial charge in [-0.1, -0.05) is 13.8 Å². The molecule has 2 atom stereocenters. The molecule has 3 heteroatoms. The van der Waals surface area contributed by atoms with Crippen LogP contribution in [0.4, 0.5) is 0 Å². The highest BCUT2D eigenvalue weighted by Crippen LogP contribution is 2.17. The predicted octanol–water partition coefficient (Wildman–Crippen LogP) is 3.20. The molecule has 98 valence electrons. The van der Waals surface area contributed by atoms with Crippen molar-refractivity contribution in [3.8, 4) is 0 Å². The predicted molar refractivity (Wildman–Crippen MR) is 73.0 cm³/mol. The minimum Gasteiger partial charge on any atom is -0.308 e. The van der Waals surface area contributed by atoms with Crippen LogP contribution in [0, 0.1) is 12.8 Å². The lowest BCUT2D eigenvalue weighted by molar-refractivity contribution is 0.416. The monoisotopic (exact) mass is 237 g/mol. The fourth-order valence-corrected chi connectivity index (χ4v) is 2.12. The molecule has 2 unspecified atom stereocenters.